The van der Waals surface area contributed by atoms with Crippen LogP contribution in [0.25, 0.3) is 0 Å². The summed E-state index contributed by atoms with van der Waals surface area (Å²) in [6.45, 7) is 10.1. The number of hydrogen-bond acceptors (Lipinski definition) is 4. The van der Waals surface area contributed by atoms with E-state index in [9.17, 15) is 0 Å². The van der Waals surface area contributed by atoms with E-state index in [0.29, 0.717) is 13.2 Å². The van der Waals surface area contributed by atoms with Crippen molar-refractivity contribution >= 4 is 0 Å². The van der Waals surface area contributed by atoms with Crippen molar-refractivity contribution in [3.63, 3.8) is 0 Å². The minimum Gasteiger partial charge on any atom is -0.492 e. The molecule has 4 aliphatic carbocycles. The van der Waals surface area contributed by atoms with Gasteiger partial charge in [0.25, 0.3) is 0 Å². The van der Waals surface area contributed by atoms with E-state index >= 15 is 0 Å². The van der Waals surface area contributed by atoms with E-state index in [1.54, 1.807) is 0 Å². The monoisotopic (exact) mass is 757 g/mol. The average Bonchev–Trinajstić information content (AvgIpc) is 3.24. The molecule has 0 saturated heterocycles. The van der Waals surface area contributed by atoms with Gasteiger partial charge >= 0.3 is 0 Å². The maximum Gasteiger partial charge on any atom is 0.137 e. The van der Waals surface area contributed by atoms with E-state index in [4.69, 9.17) is 9.47 Å². The molecule has 2 heterocycles. The summed E-state index contributed by atoms with van der Waals surface area (Å²) in [7, 11) is 0. The van der Waals surface area contributed by atoms with Crippen molar-refractivity contribution in [1.82, 2.24) is 9.97 Å². The minimum atomic E-state index is 0.713. The lowest BCUT2D eigenvalue weighted by molar-refractivity contribution is 0.140. The molecule has 0 aliphatic heterocycles. The van der Waals surface area contributed by atoms with Crippen molar-refractivity contribution in [3.05, 3.63) is 48.0 Å². The Kier molecular flexibility index (Phi) is 20.2. The smallest absolute Gasteiger partial charge is 0.137 e. The average molecular weight is 757 g/mol. The van der Waals surface area contributed by atoms with Crippen molar-refractivity contribution in [2.75, 3.05) is 13.2 Å². The zero-order valence-electron chi connectivity index (χ0n) is 36.3. The predicted molar refractivity (Wildman–Crippen MR) is 233 cm³/mol. The Bertz CT molecular complexity index is 1230. The third-order valence-corrected chi connectivity index (χ3v) is 14.9. The molecule has 310 valence electrons. The quantitative estimate of drug-likeness (QED) is 0.134. The highest BCUT2D eigenvalue weighted by Crippen LogP contribution is 2.44. The van der Waals surface area contributed by atoms with Gasteiger partial charge in [0, 0.05) is 11.4 Å². The topological polar surface area (TPSA) is 44.2 Å². The number of nitrogens with zero attached hydrogens (tertiary/aromatic N) is 2. The molecule has 4 aliphatic rings. The fourth-order valence-corrected chi connectivity index (χ4v) is 11.3. The molecule has 4 heteroatoms. The number of aromatic nitrogens is 2. The van der Waals surface area contributed by atoms with E-state index in [1.807, 2.05) is 26.2 Å². The number of unbranched alkanes of at least 4 members (excludes halogenated alkanes) is 3. The van der Waals surface area contributed by atoms with Crippen molar-refractivity contribution in [2.24, 2.45) is 47.3 Å². The highest BCUT2D eigenvalue weighted by atomic mass is 16.5. The summed E-state index contributed by atoms with van der Waals surface area (Å²) >= 11 is 0. The second kappa shape index (κ2) is 25.3. The molecule has 0 bridgehead atoms. The minimum absolute atomic E-state index is 0.713. The highest BCUT2D eigenvalue weighted by Gasteiger charge is 2.32. The summed E-state index contributed by atoms with van der Waals surface area (Å²) in [4.78, 5) is 9.15. The van der Waals surface area contributed by atoms with Crippen LogP contribution in [0.5, 0.6) is 11.5 Å². The van der Waals surface area contributed by atoms with Crippen molar-refractivity contribution in [3.8, 4) is 11.5 Å². The molecule has 4 saturated carbocycles. The standard InChI is InChI=1S/C26H43NO.C25H41NO/c1-3-5-6-7-21-8-13-23(14-9-21)24-15-10-22(11-16-24)12-17-25-18-19-26(20-27-25)28-4-2;1-3-5-6-20-7-12-22(13-8-20)23-14-9-21(10-15-23)11-16-24-17-18-25(19-26-24)27-4-2/h18-24H,3-17H2,1-2H3;17-23H,3-16H2,1-2H3/t21-,22-,23-,24-;20-,21-,22-,23-. The van der Waals surface area contributed by atoms with Gasteiger partial charge in [0.15, 0.2) is 0 Å². The lowest BCUT2D eigenvalue weighted by Crippen LogP contribution is -2.26. The fourth-order valence-electron chi connectivity index (χ4n) is 11.3. The van der Waals surface area contributed by atoms with Crippen LogP contribution < -0.4 is 9.47 Å². The van der Waals surface area contributed by atoms with E-state index in [0.717, 1.165) is 71.7 Å². The van der Waals surface area contributed by atoms with Crippen LogP contribution in [-0.2, 0) is 12.8 Å². The zero-order valence-corrected chi connectivity index (χ0v) is 36.3. The first-order valence-corrected chi connectivity index (χ1v) is 24.2. The Morgan fingerprint density at radius 1 is 0.418 bits per heavy atom. The summed E-state index contributed by atoms with van der Waals surface area (Å²) in [5.74, 6) is 9.93. The second-order valence-electron chi connectivity index (χ2n) is 18.7. The lowest BCUT2D eigenvalue weighted by Gasteiger charge is -2.38. The van der Waals surface area contributed by atoms with Gasteiger partial charge in [-0.15, -0.1) is 0 Å². The van der Waals surface area contributed by atoms with Gasteiger partial charge in [0.05, 0.1) is 25.6 Å². The van der Waals surface area contributed by atoms with Gasteiger partial charge in [0.1, 0.15) is 11.5 Å². The summed E-state index contributed by atoms with van der Waals surface area (Å²) in [5.41, 5.74) is 2.46. The summed E-state index contributed by atoms with van der Waals surface area (Å²) in [6.07, 6.45) is 42.8. The summed E-state index contributed by atoms with van der Waals surface area (Å²) < 4.78 is 11.0. The molecule has 0 unspecified atom stereocenters. The molecule has 0 atom stereocenters. The third kappa shape index (κ3) is 15.6. The van der Waals surface area contributed by atoms with Gasteiger partial charge in [-0.05, 0) is 163 Å². The lowest BCUT2D eigenvalue weighted by atomic mass is 9.68. The molecule has 55 heavy (non-hydrogen) atoms. The molecule has 4 fully saturated rings. The largest absolute Gasteiger partial charge is 0.492 e. The first kappa shape index (κ1) is 44.0. The number of rotatable bonds is 19. The van der Waals surface area contributed by atoms with Crippen LogP contribution >= 0.6 is 0 Å². The van der Waals surface area contributed by atoms with Gasteiger partial charge in [-0.3, -0.25) is 9.97 Å². The highest BCUT2D eigenvalue weighted by molar-refractivity contribution is 5.20. The predicted octanol–water partition coefficient (Wildman–Crippen LogP) is 14.8. The molecule has 4 nitrogen and oxygen atoms in total. The van der Waals surface area contributed by atoms with Crippen LogP contribution in [0, 0.1) is 47.3 Å². The Hall–Kier alpha value is -2.10. The molecule has 6 rings (SSSR count). The van der Waals surface area contributed by atoms with Crippen LogP contribution in [0.3, 0.4) is 0 Å². The van der Waals surface area contributed by atoms with Gasteiger partial charge in [-0.25, -0.2) is 0 Å². The van der Waals surface area contributed by atoms with Gasteiger partial charge in [-0.2, -0.15) is 0 Å². The van der Waals surface area contributed by atoms with Crippen LogP contribution in [0.4, 0.5) is 0 Å². The number of ether oxygens (including phenoxy) is 2. The number of aryl methyl sites for hydroxylation is 2. The Balaban J connectivity index is 0.000000211. The maximum atomic E-state index is 5.49. The van der Waals surface area contributed by atoms with Crippen LogP contribution in [0.2, 0.25) is 0 Å². The molecule has 2 aromatic heterocycles. The van der Waals surface area contributed by atoms with Crippen LogP contribution in [0.1, 0.15) is 200 Å². The van der Waals surface area contributed by atoms with Crippen molar-refractivity contribution in [1.29, 1.82) is 0 Å². The van der Waals surface area contributed by atoms with E-state index in [2.05, 4.69) is 48.1 Å². The molecule has 0 spiro atoms. The van der Waals surface area contributed by atoms with Crippen LogP contribution in [0.15, 0.2) is 36.7 Å². The number of pyridine rings is 2. The summed E-state index contributed by atoms with van der Waals surface area (Å²) in [6, 6.07) is 8.43. The van der Waals surface area contributed by atoms with Gasteiger partial charge < -0.3 is 9.47 Å². The molecule has 0 radical (unpaired) electrons. The summed E-state index contributed by atoms with van der Waals surface area (Å²) in [5, 5.41) is 0. The number of hydrogen-bond donors (Lipinski definition) is 0. The fraction of sp³-hybridized carbons (Fsp3) is 0.804. The van der Waals surface area contributed by atoms with Crippen molar-refractivity contribution < 1.29 is 9.47 Å². The maximum absolute atomic E-state index is 5.49. The Labute approximate surface area is 339 Å². The van der Waals surface area contributed by atoms with E-state index in [-0.39, 0.29) is 0 Å². The first-order chi connectivity index (χ1) is 27.1. The third-order valence-electron chi connectivity index (χ3n) is 14.9. The molecule has 0 N–H and O–H groups in total. The SMILES string of the molecule is CCCCC[C@H]1CC[C@H]([C@H]2CC[C@H](CCc3ccc(OCC)cn3)CC2)CC1.CCCC[C@H]1CC[C@H]([C@H]2CC[C@H](CCc3ccc(OCC)cn3)CC2)CC1. The molecule has 0 amide bonds. The van der Waals surface area contributed by atoms with Gasteiger partial charge in [-0.1, -0.05) is 110 Å². The molecular weight excluding hydrogens is 673 g/mol. The van der Waals surface area contributed by atoms with E-state index in [1.165, 1.54) is 172 Å². The van der Waals surface area contributed by atoms with E-state index < -0.39 is 0 Å². The first-order valence-electron chi connectivity index (χ1n) is 24.2. The Morgan fingerprint density at radius 2 is 0.764 bits per heavy atom. The Morgan fingerprint density at radius 3 is 1.07 bits per heavy atom. The zero-order chi connectivity index (χ0) is 38.5. The van der Waals surface area contributed by atoms with Crippen LogP contribution in [-0.4, -0.2) is 23.2 Å². The van der Waals surface area contributed by atoms with Crippen molar-refractivity contribution in [2.45, 2.75) is 201 Å². The molecule has 0 aromatic carbocycles. The molecular formula is C51H84N2O2. The second-order valence-corrected chi connectivity index (χ2v) is 18.7. The normalized spacial score (nSPS) is 28.5. The van der Waals surface area contributed by atoms with Gasteiger partial charge in [0.2, 0.25) is 0 Å². The molecule has 2 aromatic rings.